The predicted octanol–water partition coefficient (Wildman–Crippen LogP) is 0.0188. The number of hydrogen-bond donors (Lipinski definition) is 2. The van der Waals surface area contributed by atoms with Crippen LogP contribution < -0.4 is 11.2 Å². The molecule has 1 fully saturated rings. The lowest BCUT2D eigenvalue weighted by Gasteiger charge is -2.21. The third-order valence-corrected chi connectivity index (χ3v) is 1.86. The molecule has 1 atom stereocenters. The van der Waals surface area contributed by atoms with Crippen LogP contribution in [0, 0.1) is 0 Å². The minimum absolute atomic E-state index is 0.148. The molecule has 1 aliphatic rings. The van der Waals surface area contributed by atoms with E-state index < -0.39 is 0 Å². The van der Waals surface area contributed by atoms with Gasteiger partial charge >= 0.3 is 0 Å². The number of hydrogen-bond acceptors (Lipinski definition) is 3. The third-order valence-electron chi connectivity index (χ3n) is 1.86. The molecule has 9 heavy (non-hydrogen) atoms. The van der Waals surface area contributed by atoms with Crippen LogP contribution in [-0.4, -0.2) is 18.7 Å². The van der Waals surface area contributed by atoms with Crippen LogP contribution in [-0.2, 0) is 4.84 Å². The van der Waals surface area contributed by atoms with Gasteiger partial charge in [-0.1, -0.05) is 0 Å². The number of nitrogens with one attached hydrogen (secondary N) is 1. The molecule has 1 aliphatic heterocycles. The van der Waals surface area contributed by atoms with Gasteiger partial charge in [-0.15, -0.1) is 0 Å². The molecule has 1 saturated heterocycles. The van der Waals surface area contributed by atoms with Crippen LogP contribution in [0.2, 0.25) is 0 Å². The number of rotatable bonds is 2. The molecule has 0 aromatic rings. The Morgan fingerprint density at radius 1 is 1.78 bits per heavy atom. The molecular weight excluding hydrogens is 116 g/mol. The summed E-state index contributed by atoms with van der Waals surface area (Å²) < 4.78 is 0. The molecule has 0 amide bonds. The Labute approximate surface area is 55.5 Å². The molecule has 0 aromatic carbocycles. The van der Waals surface area contributed by atoms with Crippen LogP contribution in [0.25, 0.3) is 0 Å². The van der Waals surface area contributed by atoms with Crippen molar-refractivity contribution in [3.05, 3.63) is 0 Å². The third kappa shape index (κ3) is 1.64. The SMILES string of the molecule is C[C@@]1(CON)CCCN1. The molecule has 0 saturated carbocycles. The van der Waals surface area contributed by atoms with E-state index in [4.69, 9.17) is 5.90 Å². The van der Waals surface area contributed by atoms with E-state index in [9.17, 15) is 0 Å². The normalized spacial score (nSPS) is 35.3. The quantitative estimate of drug-likeness (QED) is 0.518. The molecule has 54 valence electrons. The predicted molar refractivity (Wildman–Crippen MR) is 35.8 cm³/mol. The first-order valence-electron chi connectivity index (χ1n) is 3.34. The van der Waals surface area contributed by atoms with E-state index in [-0.39, 0.29) is 5.54 Å². The highest BCUT2D eigenvalue weighted by Gasteiger charge is 2.27. The molecule has 0 aromatic heterocycles. The Balaban J connectivity index is 2.32. The Morgan fingerprint density at radius 2 is 2.56 bits per heavy atom. The van der Waals surface area contributed by atoms with Crippen LogP contribution in [0.5, 0.6) is 0 Å². The molecule has 0 spiro atoms. The van der Waals surface area contributed by atoms with Crippen molar-refractivity contribution >= 4 is 0 Å². The fourth-order valence-electron chi connectivity index (χ4n) is 1.26. The Morgan fingerprint density at radius 3 is 3.00 bits per heavy atom. The summed E-state index contributed by atoms with van der Waals surface area (Å²) in [6, 6.07) is 0. The van der Waals surface area contributed by atoms with E-state index in [0.717, 1.165) is 6.54 Å². The molecule has 1 heterocycles. The summed E-state index contributed by atoms with van der Waals surface area (Å²) in [5.41, 5.74) is 0.148. The molecule has 0 unspecified atom stereocenters. The zero-order valence-corrected chi connectivity index (χ0v) is 5.81. The van der Waals surface area contributed by atoms with Crippen molar-refractivity contribution in [1.29, 1.82) is 0 Å². The van der Waals surface area contributed by atoms with E-state index in [1.807, 2.05) is 0 Å². The van der Waals surface area contributed by atoms with E-state index in [1.165, 1.54) is 12.8 Å². The second-order valence-corrected chi connectivity index (χ2v) is 2.90. The van der Waals surface area contributed by atoms with E-state index in [1.54, 1.807) is 0 Å². The first-order valence-corrected chi connectivity index (χ1v) is 3.34. The summed E-state index contributed by atoms with van der Waals surface area (Å²) >= 11 is 0. The largest absolute Gasteiger partial charge is 0.309 e. The first-order chi connectivity index (χ1) is 4.27. The highest BCUT2D eigenvalue weighted by atomic mass is 16.6. The van der Waals surface area contributed by atoms with Crippen molar-refractivity contribution in [1.82, 2.24) is 5.32 Å². The van der Waals surface area contributed by atoms with Gasteiger partial charge < -0.3 is 10.2 Å². The second-order valence-electron chi connectivity index (χ2n) is 2.90. The molecule has 1 rings (SSSR count). The van der Waals surface area contributed by atoms with Gasteiger partial charge in [0, 0.05) is 5.54 Å². The van der Waals surface area contributed by atoms with E-state index >= 15 is 0 Å². The summed E-state index contributed by atoms with van der Waals surface area (Å²) in [7, 11) is 0. The molecular formula is C6H14N2O. The zero-order chi connectivity index (χ0) is 6.74. The standard InChI is InChI=1S/C6H14N2O/c1-6(5-9-7)3-2-4-8-6/h8H,2-5,7H2,1H3/t6-/m0/s1. The molecule has 3 nitrogen and oxygen atoms in total. The van der Waals surface area contributed by atoms with Crippen LogP contribution in [0.1, 0.15) is 19.8 Å². The van der Waals surface area contributed by atoms with Crippen molar-refractivity contribution in [3.63, 3.8) is 0 Å². The van der Waals surface area contributed by atoms with Gasteiger partial charge in [-0.05, 0) is 26.3 Å². The second kappa shape index (κ2) is 2.64. The van der Waals surface area contributed by atoms with Crippen LogP contribution in [0.15, 0.2) is 0 Å². The van der Waals surface area contributed by atoms with Crippen molar-refractivity contribution in [2.24, 2.45) is 5.90 Å². The van der Waals surface area contributed by atoms with Gasteiger partial charge in [0.25, 0.3) is 0 Å². The molecule has 0 bridgehead atoms. The lowest BCUT2D eigenvalue weighted by molar-refractivity contribution is 0.0845. The van der Waals surface area contributed by atoms with Crippen LogP contribution >= 0.6 is 0 Å². The topological polar surface area (TPSA) is 47.3 Å². The minimum atomic E-state index is 0.148. The van der Waals surface area contributed by atoms with Gasteiger partial charge in [-0.25, -0.2) is 5.90 Å². The van der Waals surface area contributed by atoms with Crippen molar-refractivity contribution in [3.8, 4) is 0 Å². The van der Waals surface area contributed by atoms with Crippen LogP contribution in [0.3, 0.4) is 0 Å². The fourth-order valence-corrected chi connectivity index (χ4v) is 1.26. The highest BCUT2D eigenvalue weighted by Crippen LogP contribution is 2.17. The molecule has 0 radical (unpaired) electrons. The van der Waals surface area contributed by atoms with Gasteiger partial charge in [0.15, 0.2) is 0 Å². The Hall–Kier alpha value is -0.120. The van der Waals surface area contributed by atoms with Crippen molar-refractivity contribution in [2.75, 3.05) is 13.2 Å². The zero-order valence-electron chi connectivity index (χ0n) is 5.81. The summed E-state index contributed by atoms with van der Waals surface area (Å²) in [5, 5.41) is 3.33. The van der Waals surface area contributed by atoms with Gasteiger partial charge in [-0.2, -0.15) is 0 Å². The van der Waals surface area contributed by atoms with E-state index in [2.05, 4.69) is 17.1 Å². The lowest BCUT2D eigenvalue weighted by atomic mass is 10.0. The maximum absolute atomic E-state index is 4.95. The highest BCUT2D eigenvalue weighted by molar-refractivity contribution is 4.87. The van der Waals surface area contributed by atoms with E-state index in [0.29, 0.717) is 6.61 Å². The fraction of sp³-hybridized carbons (Fsp3) is 1.00. The lowest BCUT2D eigenvalue weighted by Crippen LogP contribution is -2.41. The monoisotopic (exact) mass is 130 g/mol. The van der Waals surface area contributed by atoms with Crippen LogP contribution in [0.4, 0.5) is 0 Å². The number of nitrogens with two attached hydrogens (primary N) is 1. The minimum Gasteiger partial charge on any atom is -0.309 e. The van der Waals surface area contributed by atoms with Crippen molar-refractivity contribution in [2.45, 2.75) is 25.3 Å². The molecule has 0 aliphatic carbocycles. The average Bonchev–Trinajstić information content (AvgIpc) is 2.16. The Bertz CT molecular complexity index is 89.1. The van der Waals surface area contributed by atoms with Crippen molar-refractivity contribution < 1.29 is 4.84 Å². The maximum atomic E-state index is 4.95. The maximum Gasteiger partial charge on any atom is 0.0858 e. The van der Waals surface area contributed by atoms with Gasteiger partial charge in [0.05, 0.1) is 6.61 Å². The average molecular weight is 130 g/mol. The summed E-state index contributed by atoms with van der Waals surface area (Å²) in [6.45, 7) is 3.85. The summed E-state index contributed by atoms with van der Waals surface area (Å²) in [6.07, 6.45) is 2.41. The Kier molecular flexibility index (Phi) is 2.05. The van der Waals surface area contributed by atoms with Gasteiger partial charge in [0.1, 0.15) is 0 Å². The summed E-state index contributed by atoms with van der Waals surface area (Å²) in [5.74, 6) is 4.95. The smallest absolute Gasteiger partial charge is 0.0858 e. The van der Waals surface area contributed by atoms with Gasteiger partial charge in [0.2, 0.25) is 0 Å². The molecule has 3 heteroatoms. The first kappa shape index (κ1) is 6.99. The van der Waals surface area contributed by atoms with Gasteiger partial charge in [-0.3, -0.25) is 0 Å². The summed E-state index contributed by atoms with van der Waals surface area (Å²) in [4.78, 5) is 4.57. The molecule has 3 N–H and O–H groups in total.